The number of hydrogen-bond donors (Lipinski definition) is 1. The Morgan fingerprint density at radius 1 is 1.53 bits per heavy atom. The van der Waals surface area contributed by atoms with Crippen LogP contribution in [0.2, 0.25) is 5.15 Å². The molecule has 6 nitrogen and oxygen atoms in total. The van der Waals surface area contributed by atoms with Gasteiger partial charge in [0.2, 0.25) is 5.82 Å². The lowest BCUT2D eigenvalue weighted by Crippen LogP contribution is -2.37. The zero-order chi connectivity index (χ0) is 12.6. The van der Waals surface area contributed by atoms with Crippen molar-refractivity contribution in [2.24, 2.45) is 7.05 Å². The van der Waals surface area contributed by atoms with Gasteiger partial charge in [-0.25, -0.2) is 4.79 Å². The molecule has 2 heterocycles. The first-order chi connectivity index (χ1) is 7.99. The molecule has 0 atom stereocenters. The highest BCUT2D eigenvalue weighted by atomic mass is 35.5. The van der Waals surface area contributed by atoms with Crippen molar-refractivity contribution in [3.8, 4) is 0 Å². The van der Waals surface area contributed by atoms with Gasteiger partial charge < -0.3 is 0 Å². The summed E-state index contributed by atoms with van der Waals surface area (Å²) in [4.78, 5) is 25.0. The molecule has 0 aromatic carbocycles. The molecule has 1 N–H and O–H groups in total. The number of H-pyrrole nitrogens is 1. The van der Waals surface area contributed by atoms with Gasteiger partial charge in [0.25, 0.3) is 5.56 Å². The van der Waals surface area contributed by atoms with Crippen LogP contribution in [-0.2, 0) is 13.6 Å². The van der Waals surface area contributed by atoms with Crippen LogP contribution in [0, 0.1) is 5.82 Å². The zero-order valence-electron chi connectivity index (χ0n) is 8.78. The van der Waals surface area contributed by atoms with E-state index in [1.165, 1.54) is 10.9 Å². The highest BCUT2D eigenvalue weighted by Crippen LogP contribution is 2.03. The largest absolute Gasteiger partial charge is 0.329 e. The molecule has 17 heavy (non-hydrogen) atoms. The Labute approximate surface area is 99.3 Å². The van der Waals surface area contributed by atoms with Gasteiger partial charge in [-0.05, 0) is 0 Å². The number of aryl methyl sites for hydroxylation is 1. The summed E-state index contributed by atoms with van der Waals surface area (Å²) in [6.07, 6.45) is 3.11. The van der Waals surface area contributed by atoms with Gasteiger partial charge >= 0.3 is 5.69 Å². The fourth-order valence-corrected chi connectivity index (χ4v) is 1.56. The fourth-order valence-electron chi connectivity index (χ4n) is 1.40. The van der Waals surface area contributed by atoms with E-state index in [0.717, 1.165) is 4.57 Å². The Balaban J connectivity index is 2.50. The van der Waals surface area contributed by atoms with Crippen LogP contribution in [0.1, 0.15) is 5.56 Å². The minimum Gasteiger partial charge on any atom is -0.295 e. The highest BCUT2D eigenvalue weighted by molar-refractivity contribution is 6.29. The number of rotatable bonds is 2. The molecule has 0 aliphatic rings. The highest BCUT2D eigenvalue weighted by Gasteiger charge is 2.12. The summed E-state index contributed by atoms with van der Waals surface area (Å²) >= 11 is 5.34. The summed E-state index contributed by atoms with van der Waals surface area (Å²) in [5, 5.41) is 3.30. The smallest absolute Gasteiger partial charge is 0.295 e. The van der Waals surface area contributed by atoms with E-state index in [2.05, 4.69) is 5.10 Å². The molecule has 2 aromatic heterocycles. The summed E-state index contributed by atoms with van der Waals surface area (Å²) in [7, 11) is 1.69. The number of hydrogen-bond acceptors (Lipinski definition) is 3. The predicted octanol–water partition coefficient (Wildman–Crippen LogP) is 0.111. The number of aromatic nitrogens is 4. The molecule has 2 aromatic rings. The number of nitrogens with one attached hydrogen (secondary N) is 1. The molecule has 90 valence electrons. The van der Waals surface area contributed by atoms with E-state index in [1.807, 2.05) is 4.98 Å². The van der Waals surface area contributed by atoms with Gasteiger partial charge in [0.15, 0.2) is 5.15 Å². The third kappa shape index (κ3) is 2.14. The lowest BCUT2D eigenvalue weighted by molar-refractivity contribution is 0.558. The van der Waals surface area contributed by atoms with Crippen molar-refractivity contribution in [1.29, 1.82) is 0 Å². The maximum atomic E-state index is 13.2. The molecule has 0 aliphatic carbocycles. The lowest BCUT2D eigenvalue weighted by Gasteiger charge is -2.02. The van der Waals surface area contributed by atoms with Crippen LogP contribution in [0.5, 0.6) is 0 Å². The van der Waals surface area contributed by atoms with Crippen LogP contribution in [0.3, 0.4) is 0 Å². The molecule has 0 fully saturated rings. The second-order valence-electron chi connectivity index (χ2n) is 3.47. The normalized spacial score (nSPS) is 10.8. The van der Waals surface area contributed by atoms with E-state index in [0.29, 0.717) is 5.56 Å². The molecular formula is C9H8ClFN4O2. The number of aromatic amines is 1. The molecule has 8 heteroatoms. The number of nitrogens with zero attached hydrogens (tertiary/aromatic N) is 3. The molecule has 0 saturated carbocycles. The molecule has 0 spiro atoms. The van der Waals surface area contributed by atoms with Crippen LogP contribution in [0.4, 0.5) is 4.39 Å². The fraction of sp³-hybridized carbons (Fsp3) is 0.222. The van der Waals surface area contributed by atoms with Crippen molar-refractivity contribution in [2.75, 3.05) is 0 Å². The first kappa shape index (κ1) is 11.6. The van der Waals surface area contributed by atoms with Crippen molar-refractivity contribution in [1.82, 2.24) is 19.3 Å². The van der Waals surface area contributed by atoms with Gasteiger partial charge in [0, 0.05) is 18.8 Å². The minimum atomic E-state index is -1.17. The van der Waals surface area contributed by atoms with E-state index >= 15 is 0 Å². The Kier molecular flexibility index (Phi) is 2.84. The van der Waals surface area contributed by atoms with Crippen molar-refractivity contribution in [3.63, 3.8) is 0 Å². The average Bonchev–Trinajstić information content (AvgIpc) is 2.67. The first-order valence-corrected chi connectivity index (χ1v) is 5.02. The summed E-state index contributed by atoms with van der Waals surface area (Å²) in [6.45, 7) is -0.0594. The third-order valence-corrected chi connectivity index (χ3v) is 2.45. The minimum absolute atomic E-state index is 0.0594. The molecule has 0 amide bonds. The van der Waals surface area contributed by atoms with E-state index in [9.17, 15) is 14.0 Å². The van der Waals surface area contributed by atoms with Crippen LogP contribution < -0.4 is 11.2 Å². The van der Waals surface area contributed by atoms with Gasteiger partial charge in [-0.1, -0.05) is 11.6 Å². The van der Waals surface area contributed by atoms with Crippen molar-refractivity contribution >= 4 is 11.6 Å². The molecule has 0 radical (unpaired) electrons. The van der Waals surface area contributed by atoms with Gasteiger partial charge in [0.1, 0.15) is 0 Å². The van der Waals surface area contributed by atoms with Gasteiger partial charge in [0.05, 0.1) is 12.7 Å². The lowest BCUT2D eigenvalue weighted by atomic mass is 10.3. The topological polar surface area (TPSA) is 72.7 Å². The van der Waals surface area contributed by atoms with Crippen LogP contribution in [-0.4, -0.2) is 19.3 Å². The first-order valence-electron chi connectivity index (χ1n) is 4.64. The summed E-state index contributed by atoms with van der Waals surface area (Å²) in [6, 6.07) is 0. The summed E-state index contributed by atoms with van der Waals surface area (Å²) in [5.41, 5.74) is -1.20. The molecular weight excluding hydrogens is 251 g/mol. The van der Waals surface area contributed by atoms with Crippen LogP contribution in [0.15, 0.2) is 22.0 Å². The van der Waals surface area contributed by atoms with E-state index < -0.39 is 22.2 Å². The Bertz CT molecular complexity index is 672. The second kappa shape index (κ2) is 4.17. The van der Waals surface area contributed by atoms with Crippen molar-refractivity contribution in [2.45, 2.75) is 6.54 Å². The Morgan fingerprint density at radius 3 is 2.82 bits per heavy atom. The van der Waals surface area contributed by atoms with Gasteiger partial charge in [-0.3, -0.25) is 19.0 Å². The van der Waals surface area contributed by atoms with E-state index in [-0.39, 0.29) is 6.54 Å². The Morgan fingerprint density at radius 2 is 2.24 bits per heavy atom. The van der Waals surface area contributed by atoms with Gasteiger partial charge in [-0.15, -0.1) is 0 Å². The number of halogens is 2. The maximum Gasteiger partial charge on any atom is 0.329 e. The standard InChI is InChI=1S/C9H8ClFN4O2/c1-14-3-5(2-12-14)4-15-8(16)6(11)7(10)13-9(15)17/h2-3H,4H2,1H3,(H,13,17). The van der Waals surface area contributed by atoms with E-state index in [4.69, 9.17) is 11.6 Å². The molecule has 2 rings (SSSR count). The molecule has 0 unspecified atom stereocenters. The zero-order valence-corrected chi connectivity index (χ0v) is 9.53. The summed E-state index contributed by atoms with van der Waals surface area (Å²) < 4.78 is 15.5. The third-order valence-electron chi connectivity index (χ3n) is 2.19. The Hall–Kier alpha value is -1.89. The van der Waals surface area contributed by atoms with Crippen LogP contribution in [0.25, 0.3) is 0 Å². The average molecular weight is 259 g/mol. The van der Waals surface area contributed by atoms with Crippen molar-refractivity contribution < 1.29 is 4.39 Å². The second-order valence-corrected chi connectivity index (χ2v) is 3.85. The van der Waals surface area contributed by atoms with Crippen molar-refractivity contribution in [3.05, 3.63) is 49.8 Å². The van der Waals surface area contributed by atoms with E-state index in [1.54, 1.807) is 13.2 Å². The monoisotopic (exact) mass is 258 g/mol. The molecule has 0 aliphatic heterocycles. The molecule has 0 saturated heterocycles. The quantitative estimate of drug-likeness (QED) is 0.777. The maximum absolute atomic E-state index is 13.2. The SMILES string of the molecule is Cn1cc(Cn2c(=O)[nH]c(Cl)c(F)c2=O)cn1. The molecule has 0 bridgehead atoms. The van der Waals surface area contributed by atoms with Gasteiger partial charge in [-0.2, -0.15) is 9.49 Å². The summed E-state index contributed by atoms with van der Waals surface area (Å²) in [5.74, 6) is -1.17. The van der Waals surface area contributed by atoms with Crippen LogP contribution >= 0.6 is 11.6 Å². The predicted molar refractivity (Wildman–Crippen MR) is 58.6 cm³/mol.